The number of amides is 1. The Hall–Kier alpha value is -4.20. The third-order valence-corrected chi connectivity index (χ3v) is 5.70. The Morgan fingerprint density at radius 3 is 2.25 bits per heavy atom. The summed E-state index contributed by atoms with van der Waals surface area (Å²) < 4.78 is 22.8. The van der Waals surface area contributed by atoms with Crippen LogP contribution in [0.25, 0.3) is 5.76 Å². The minimum atomic E-state index is -0.989. The fraction of sp³-hybridized carbons (Fsp3) is 0.286. The third kappa shape index (κ3) is 4.66. The highest BCUT2D eigenvalue weighted by Crippen LogP contribution is 2.44. The normalized spacial score (nSPS) is 16.9. The van der Waals surface area contributed by atoms with Gasteiger partial charge in [0.1, 0.15) is 40.6 Å². The minimum absolute atomic E-state index is 0.0960. The number of carbonyl (C=O) groups is 2. The number of aryl methyl sites for hydroxylation is 1. The summed E-state index contributed by atoms with van der Waals surface area (Å²) in [5.41, 5.74) is 0.619. The molecule has 1 fully saturated rings. The molecule has 0 aliphatic carbocycles. The van der Waals surface area contributed by atoms with E-state index in [0.29, 0.717) is 54.3 Å². The highest BCUT2D eigenvalue weighted by Gasteiger charge is 2.48. The molecule has 0 radical (unpaired) electrons. The van der Waals surface area contributed by atoms with Gasteiger partial charge in [0.25, 0.3) is 11.7 Å². The molecular weight excluding hydrogens is 462 g/mol. The summed E-state index contributed by atoms with van der Waals surface area (Å²) in [7, 11) is 0. The molecule has 1 amide bonds. The maximum Gasteiger partial charge on any atom is 0.300 e. The number of aliphatic hydroxyl groups is 1. The molecule has 1 N–H and O–H groups in total. The first-order valence-electron chi connectivity index (χ1n) is 11.9. The molecule has 0 saturated carbocycles. The Labute approximate surface area is 209 Å². The molecule has 8 heteroatoms. The molecule has 1 atom stereocenters. The lowest BCUT2D eigenvalue weighted by atomic mass is 9.98. The number of furan rings is 1. The number of hydrogen-bond acceptors (Lipinski definition) is 7. The average Bonchev–Trinajstić information content (AvgIpc) is 3.40. The van der Waals surface area contributed by atoms with Crippen molar-refractivity contribution in [1.29, 1.82) is 0 Å². The number of benzene rings is 2. The van der Waals surface area contributed by atoms with E-state index in [-0.39, 0.29) is 16.9 Å². The van der Waals surface area contributed by atoms with E-state index in [9.17, 15) is 14.7 Å². The van der Waals surface area contributed by atoms with E-state index >= 15 is 0 Å². The zero-order valence-electron chi connectivity index (χ0n) is 20.7. The van der Waals surface area contributed by atoms with Gasteiger partial charge in [-0.1, -0.05) is 6.07 Å². The molecule has 0 spiro atoms. The Bertz CT molecular complexity index is 1310. The van der Waals surface area contributed by atoms with E-state index in [4.69, 9.17) is 18.6 Å². The number of ketones is 1. The van der Waals surface area contributed by atoms with Gasteiger partial charge in [0.15, 0.2) is 0 Å². The highest BCUT2D eigenvalue weighted by molar-refractivity contribution is 6.51. The number of carbonyl (C=O) groups excluding carboxylic acids is 2. The number of ether oxygens (including phenoxy) is 3. The number of aliphatic hydroxyl groups excluding tert-OH is 1. The van der Waals surface area contributed by atoms with Crippen molar-refractivity contribution in [3.63, 3.8) is 0 Å². The van der Waals surface area contributed by atoms with Gasteiger partial charge in [-0.15, -0.1) is 0 Å². The molecule has 4 rings (SSSR count). The summed E-state index contributed by atoms with van der Waals surface area (Å²) in [5, 5.41) is 11.5. The largest absolute Gasteiger partial charge is 0.507 e. The van der Waals surface area contributed by atoms with Crippen LogP contribution in [0.15, 0.2) is 64.6 Å². The predicted octanol–water partition coefficient (Wildman–Crippen LogP) is 5.41. The molecule has 1 saturated heterocycles. The van der Waals surface area contributed by atoms with Gasteiger partial charge in [0.2, 0.25) is 0 Å². The first-order valence-corrected chi connectivity index (χ1v) is 11.9. The summed E-state index contributed by atoms with van der Waals surface area (Å²) in [6.45, 7) is 8.54. The van der Waals surface area contributed by atoms with Gasteiger partial charge < -0.3 is 23.7 Å². The van der Waals surface area contributed by atoms with Gasteiger partial charge in [-0.2, -0.15) is 0 Å². The van der Waals surface area contributed by atoms with Gasteiger partial charge >= 0.3 is 0 Å². The monoisotopic (exact) mass is 491 g/mol. The number of rotatable bonds is 9. The standard InChI is InChI=1S/C28H29NO7/c1-5-33-19-10-8-9-18(15-19)29-25(22-14-11-17(4)36-22)24(27(31)28(29)32)26(30)21-13-12-20(34-6-2)16-23(21)35-7-3/h8-16,25,30H,5-7H2,1-4H3/b26-24-. The van der Waals surface area contributed by atoms with Crippen molar-refractivity contribution < 1.29 is 33.3 Å². The van der Waals surface area contributed by atoms with Crippen LogP contribution in [0.4, 0.5) is 5.69 Å². The minimum Gasteiger partial charge on any atom is -0.507 e. The Morgan fingerprint density at radius 2 is 1.61 bits per heavy atom. The molecule has 0 bridgehead atoms. The van der Waals surface area contributed by atoms with Crippen LogP contribution in [0.5, 0.6) is 17.2 Å². The molecule has 2 aromatic carbocycles. The average molecular weight is 492 g/mol. The first kappa shape index (κ1) is 24.9. The van der Waals surface area contributed by atoms with Crippen LogP contribution in [0, 0.1) is 6.92 Å². The van der Waals surface area contributed by atoms with Crippen molar-refractivity contribution >= 4 is 23.1 Å². The van der Waals surface area contributed by atoms with Crippen LogP contribution in [0.3, 0.4) is 0 Å². The van der Waals surface area contributed by atoms with Crippen molar-refractivity contribution in [3.8, 4) is 17.2 Å². The number of anilines is 1. The predicted molar refractivity (Wildman–Crippen MR) is 135 cm³/mol. The van der Waals surface area contributed by atoms with Gasteiger partial charge in [-0.25, -0.2) is 0 Å². The second kappa shape index (κ2) is 10.6. The lowest BCUT2D eigenvalue weighted by Crippen LogP contribution is -2.29. The summed E-state index contributed by atoms with van der Waals surface area (Å²) in [6, 6.07) is 14.3. The van der Waals surface area contributed by atoms with E-state index in [1.807, 2.05) is 20.8 Å². The first-order chi connectivity index (χ1) is 17.4. The SMILES string of the molecule is CCOc1cccc(N2C(=O)C(=O)/C(=C(\O)c3ccc(OCC)cc3OCC)C2c2ccc(C)o2)c1. The molecule has 8 nitrogen and oxygen atoms in total. The third-order valence-electron chi connectivity index (χ3n) is 5.70. The molecule has 2 heterocycles. The van der Waals surface area contributed by atoms with Crippen molar-refractivity contribution in [2.45, 2.75) is 33.7 Å². The lowest BCUT2D eigenvalue weighted by molar-refractivity contribution is -0.132. The molecule has 1 aromatic heterocycles. The maximum atomic E-state index is 13.4. The molecule has 188 valence electrons. The Morgan fingerprint density at radius 1 is 0.917 bits per heavy atom. The van der Waals surface area contributed by atoms with Crippen molar-refractivity contribution in [2.75, 3.05) is 24.7 Å². The molecule has 1 aliphatic heterocycles. The van der Waals surface area contributed by atoms with Crippen molar-refractivity contribution in [3.05, 3.63) is 77.3 Å². The summed E-state index contributed by atoms with van der Waals surface area (Å²) >= 11 is 0. The Balaban J connectivity index is 1.91. The zero-order chi connectivity index (χ0) is 25.8. The van der Waals surface area contributed by atoms with Crippen LogP contribution in [0.2, 0.25) is 0 Å². The molecule has 1 unspecified atom stereocenters. The van der Waals surface area contributed by atoms with Crippen molar-refractivity contribution in [2.24, 2.45) is 0 Å². The second-order valence-electron chi connectivity index (χ2n) is 8.07. The van der Waals surface area contributed by atoms with Crippen LogP contribution in [0.1, 0.15) is 43.9 Å². The maximum absolute atomic E-state index is 13.4. The fourth-order valence-corrected chi connectivity index (χ4v) is 4.23. The van der Waals surface area contributed by atoms with E-state index in [1.54, 1.807) is 61.5 Å². The molecule has 1 aliphatic rings. The fourth-order valence-electron chi connectivity index (χ4n) is 4.23. The van der Waals surface area contributed by atoms with Gasteiger partial charge in [-0.05, 0) is 64.1 Å². The van der Waals surface area contributed by atoms with Crippen molar-refractivity contribution in [1.82, 2.24) is 0 Å². The topological polar surface area (TPSA) is 98.4 Å². The summed E-state index contributed by atoms with van der Waals surface area (Å²) in [4.78, 5) is 28.1. The van der Waals surface area contributed by atoms with Gasteiger partial charge in [0.05, 0.1) is 31.0 Å². The van der Waals surface area contributed by atoms with E-state index < -0.39 is 17.7 Å². The molecule has 3 aromatic rings. The van der Waals surface area contributed by atoms with Crippen LogP contribution in [-0.2, 0) is 9.59 Å². The summed E-state index contributed by atoms with van der Waals surface area (Å²) in [6.07, 6.45) is 0. The van der Waals surface area contributed by atoms with E-state index in [1.165, 1.54) is 4.90 Å². The van der Waals surface area contributed by atoms with E-state index in [2.05, 4.69) is 0 Å². The van der Waals surface area contributed by atoms with Crippen LogP contribution < -0.4 is 19.1 Å². The van der Waals surface area contributed by atoms with E-state index in [0.717, 1.165) is 0 Å². The number of hydrogen-bond donors (Lipinski definition) is 1. The molecule has 36 heavy (non-hydrogen) atoms. The van der Waals surface area contributed by atoms with Crippen LogP contribution in [-0.4, -0.2) is 36.6 Å². The second-order valence-corrected chi connectivity index (χ2v) is 8.07. The molecular formula is C28H29NO7. The number of nitrogens with zero attached hydrogens (tertiary/aromatic N) is 1. The zero-order valence-corrected chi connectivity index (χ0v) is 20.7. The van der Waals surface area contributed by atoms with Crippen LogP contribution >= 0.6 is 0 Å². The highest BCUT2D eigenvalue weighted by atomic mass is 16.5. The quantitative estimate of drug-likeness (QED) is 0.243. The van der Waals surface area contributed by atoms with Gasteiger partial charge in [0, 0.05) is 17.8 Å². The Kier molecular flexibility index (Phi) is 7.33. The summed E-state index contributed by atoms with van der Waals surface area (Å²) in [5.74, 6) is 0.425. The lowest BCUT2D eigenvalue weighted by Gasteiger charge is -2.24. The number of Topliss-reactive ketones (excluding diaryl/α,β-unsaturated/α-hetero) is 1. The van der Waals surface area contributed by atoms with Gasteiger partial charge in [-0.3, -0.25) is 14.5 Å². The smallest absolute Gasteiger partial charge is 0.300 e.